The highest BCUT2D eigenvalue weighted by Crippen LogP contribution is 2.36. The minimum atomic E-state index is 0.941. The van der Waals surface area contributed by atoms with Crippen LogP contribution in [0.25, 0.3) is 42.9 Å². The van der Waals surface area contributed by atoms with Gasteiger partial charge in [-0.15, -0.1) is 48.2 Å². The Bertz CT molecular complexity index is 1800. The molecule has 0 aliphatic carbocycles. The van der Waals surface area contributed by atoms with Crippen LogP contribution in [0.5, 0.6) is 0 Å². The van der Waals surface area contributed by atoms with E-state index in [-0.39, 0.29) is 0 Å². The Morgan fingerprint density at radius 2 is 1.53 bits per heavy atom. The molecule has 0 fully saturated rings. The van der Waals surface area contributed by atoms with Gasteiger partial charge in [-0.1, -0.05) is 112 Å². The third-order valence-electron chi connectivity index (χ3n) is 7.13. The molecule has 2 heteroatoms. The molecular weight excluding hydrogens is 605 g/mol. The Kier molecular flexibility index (Phi) is 20.2. The van der Waals surface area contributed by atoms with E-state index in [1.807, 2.05) is 62.5 Å². The zero-order valence-electron chi connectivity index (χ0n) is 30.1. The number of hydrogen-bond acceptors (Lipinski definition) is 2. The van der Waals surface area contributed by atoms with Crippen LogP contribution in [0.3, 0.4) is 0 Å². The summed E-state index contributed by atoms with van der Waals surface area (Å²) in [4.78, 5) is 2.81. The van der Waals surface area contributed by atoms with Crippen molar-refractivity contribution >= 4 is 54.5 Å². The summed E-state index contributed by atoms with van der Waals surface area (Å²) in [6.07, 6.45) is 21.7. The Balaban J connectivity index is 0.000000892. The molecule has 0 bridgehead atoms. The second-order valence-electron chi connectivity index (χ2n) is 10.2. The third-order valence-corrected chi connectivity index (χ3v) is 9.80. The van der Waals surface area contributed by atoms with E-state index >= 15 is 0 Å². The first-order chi connectivity index (χ1) is 22.9. The molecule has 0 amide bonds. The predicted molar refractivity (Wildman–Crippen MR) is 222 cm³/mol. The maximum Gasteiger partial charge on any atom is 0.0424 e. The zero-order chi connectivity index (χ0) is 35.2. The van der Waals surface area contributed by atoms with Crippen molar-refractivity contribution in [2.45, 2.75) is 75.2 Å². The Morgan fingerprint density at radius 3 is 2.17 bits per heavy atom. The Morgan fingerprint density at radius 1 is 0.872 bits per heavy atom. The quantitative estimate of drug-likeness (QED) is 0.0927. The summed E-state index contributed by atoms with van der Waals surface area (Å²) < 4.78 is 2.80. The second-order valence-corrected chi connectivity index (χ2v) is 12.4. The molecule has 0 aliphatic rings. The van der Waals surface area contributed by atoms with E-state index in [4.69, 9.17) is 0 Å². The highest BCUT2D eigenvalue weighted by molar-refractivity contribution is 7.20. The summed E-state index contributed by atoms with van der Waals surface area (Å²) in [6.45, 7) is 24.4. The molecule has 0 spiro atoms. The number of allylic oxidation sites excluding steroid dienone is 7. The van der Waals surface area contributed by atoms with Crippen molar-refractivity contribution < 1.29 is 0 Å². The monoisotopic (exact) mass is 658 g/mol. The minimum absolute atomic E-state index is 0.941. The van der Waals surface area contributed by atoms with Crippen LogP contribution in [-0.2, 0) is 12.8 Å². The van der Waals surface area contributed by atoms with E-state index in [0.717, 1.165) is 12.8 Å². The SMILES string of the molecule is C#CC.C/C=C\C.C/C=C\c1sc2c(C/C=C\C=C(/C)c3cccc(-c4cccc5cc(CC)sc45)c3)cccc2c1C.C=C.CC. The molecule has 3 aromatic carbocycles. The molecule has 2 heterocycles. The van der Waals surface area contributed by atoms with Crippen molar-refractivity contribution in [1.29, 1.82) is 0 Å². The summed E-state index contributed by atoms with van der Waals surface area (Å²) in [7, 11) is 0. The number of aryl methyl sites for hydroxylation is 2. The van der Waals surface area contributed by atoms with Crippen molar-refractivity contribution in [2.24, 2.45) is 0 Å². The molecule has 246 valence electrons. The van der Waals surface area contributed by atoms with E-state index in [0.29, 0.717) is 0 Å². The van der Waals surface area contributed by atoms with Gasteiger partial charge < -0.3 is 0 Å². The van der Waals surface area contributed by atoms with Crippen molar-refractivity contribution in [3.8, 4) is 23.5 Å². The molecule has 0 atom stereocenters. The summed E-state index contributed by atoms with van der Waals surface area (Å²) in [6, 6.07) is 24.7. The largest absolute Gasteiger partial charge is 0.140 e. The average Bonchev–Trinajstić information content (AvgIpc) is 3.70. The first-order valence-corrected chi connectivity index (χ1v) is 18.1. The fourth-order valence-electron chi connectivity index (χ4n) is 4.74. The molecule has 5 rings (SSSR count). The van der Waals surface area contributed by atoms with Crippen molar-refractivity contribution in [3.63, 3.8) is 0 Å². The number of fused-ring (bicyclic) bond motifs is 2. The van der Waals surface area contributed by atoms with Crippen LogP contribution in [0.2, 0.25) is 0 Å². The average molecular weight is 659 g/mol. The molecule has 5 aromatic rings. The molecule has 0 saturated carbocycles. The van der Waals surface area contributed by atoms with Crippen LogP contribution in [0, 0.1) is 19.3 Å². The molecule has 0 unspecified atom stereocenters. The number of hydrogen-bond donors (Lipinski definition) is 0. The van der Waals surface area contributed by atoms with Gasteiger partial charge >= 0.3 is 0 Å². The van der Waals surface area contributed by atoms with Gasteiger partial charge in [-0.2, -0.15) is 0 Å². The van der Waals surface area contributed by atoms with Gasteiger partial charge in [0.25, 0.3) is 0 Å². The van der Waals surface area contributed by atoms with E-state index in [1.165, 1.54) is 63.3 Å². The highest BCUT2D eigenvalue weighted by atomic mass is 32.1. The maximum atomic E-state index is 4.60. The van der Waals surface area contributed by atoms with Gasteiger partial charge in [-0.25, -0.2) is 0 Å². The van der Waals surface area contributed by atoms with Crippen molar-refractivity contribution in [1.82, 2.24) is 0 Å². The minimum Gasteiger partial charge on any atom is -0.140 e. The molecule has 0 saturated heterocycles. The number of rotatable bonds is 7. The fourth-order valence-corrected chi connectivity index (χ4v) is 7.18. The summed E-state index contributed by atoms with van der Waals surface area (Å²) in [5.74, 6) is 2.25. The fraction of sp³-hybridized carbons (Fsp3) is 0.244. The van der Waals surface area contributed by atoms with Gasteiger partial charge in [0, 0.05) is 19.2 Å². The zero-order valence-corrected chi connectivity index (χ0v) is 31.7. The van der Waals surface area contributed by atoms with E-state index in [1.54, 1.807) is 6.92 Å². The van der Waals surface area contributed by atoms with Crippen molar-refractivity contribution in [2.75, 3.05) is 0 Å². The highest BCUT2D eigenvalue weighted by Gasteiger charge is 2.10. The van der Waals surface area contributed by atoms with Crippen LogP contribution >= 0.6 is 22.7 Å². The van der Waals surface area contributed by atoms with Crippen LogP contribution in [0.1, 0.15) is 81.8 Å². The van der Waals surface area contributed by atoms with Crippen LogP contribution in [0.4, 0.5) is 0 Å². The van der Waals surface area contributed by atoms with Gasteiger partial charge in [0.1, 0.15) is 0 Å². The van der Waals surface area contributed by atoms with E-state index in [2.05, 4.69) is 150 Å². The van der Waals surface area contributed by atoms with Gasteiger partial charge in [-0.3, -0.25) is 0 Å². The van der Waals surface area contributed by atoms with E-state index in [9.17, 15) is 0 Å². The third kappa shape index (κ3) is 11.9. The summed E-state index contributed by atoms with van der Waals surface area (Å²) >= 11 is 3.83. The lowest BCUT2D eigenvalue weighted by Crippen LogP contribution is -1.84. The molecule has 47 heavy (non-hydrogen) atoms. The maximum absolute atomic E-state index is 4.60. The van der Waals surface area contributed by atoms with Crippen molar-refractivity contribution in [3.05, 3.63) is 143 Å². The first kappa shape index (κ1) is 40.9. The first-order valence-electron chi connectivity index (χ1n) is 16.5. The lowest BCUT2D eigenvalue weighted by atomic mass is 9.98. The number of benzene rings is 3. The normalized spacial score (nSPS) is 10.9. The predicted octanol–water partition coefficient (Wildman–Crippen LogP) is 14.9. The van der Waals surface area contributed by atoms with Crippen LogP contribution in [-0.4, -0.2) is 0 Å². The lowest BCUT2D eigenvalue weighted by Gasteiger charge is -2.07. The molecule has 0 radical (unpaired) electrons. The smallest absolute Gasteiger partial charge is 0.0424 e. The number of thiophene rings is 2. The summed E-state index contributed by atoms with van der Waals surface area (Å²) in [5, 5.41) is 2.73. The van der Waals surface area contributed by atoms with Crippen LogP contribution < -0.4 is 0 Å². The molecule has 0 aliphatic heterocycles. The lowest BCUT2D eigenvalue weighted by molar-refractivity contribution is 1.19. The topological polar surface area (TPSA) is 0 Å². The Hall–Kier alpha value is -4.16. The van der Waals surface area contributed by atoms with Crippen LogP contribution in [0.15, 0.2) is 116 Å². The standard InChI is InChI=1S/C34H32S2.C4H8.C3H4.C2H6.C2H4/c1-5-12-32-24(4)30-19-10-15-25(33(30)36-32)14-8-7-13-23(3)26-16-9-17-27(21-26)31-20-11-18-28-22-29(6-2)35-34(28)31;1-3-4-2;1-3-2;2*1-2/h5,7-13,15-22H,6,14H2,1-4H3;3-4H,1-2H3;1H,2H3;1-2H3;1-2H2/b8-7-,12-5-,23-13+;4-3-;;;. The van der Waals surface area contributed by atoms with E-state index < -0.39 is 0 Å². The Labute approximate surface area is 294 Å². The molecule has 0 N–H and O–H groups in total. The van der Waals surface area contributed by atoms with Gasteiger partial charge in [-0.05, 0) is 117 Å². The molecule has 0 nitrogen and oxygen atoms in total. The van der Waals surface area contributed by atoms with Gasteiger partial charge in [0.05, 0.1) is 0 Å². The van der Waals surface area contributed by atoms with Gasteiger partial charge in [0.15, 0.2) is 0 Å². The second kappa shape index (κ2) is 23.2. The molecule has 2 aromatic heterocycles. The van der Waals surface area contributed by atoms with Gasteiger partial charge in [0.2, 0.25) is 0 Å². The molecular formula is C45H54S2. The summed E-state index contributed by atoms with van der Waals surface area (Å²) in [5.41, 5.74) is 7.96. The number of terminal acetylenes is 1.